The minimum Gasteiger partial charge on any atom is -0.462 e. The maximum Gasteiger partial charge on any atom is 0.307 e. The molecule has 53 heavy (non-hydrogen) atoms. The molecule has 0 radical (unpaired) electrons. The number of allylic oxidation sites excluding steroid dienone is 2. The summed E-state index contributed by atoms with van der Waals surface area (Å²) >= 11 is 6.42. The van der Waals surface area contributed by atoms with E-state index in [0.29, 0.717) is 41.8 Å². The van der Waals surface area contributed by atoms with Gasteiger partial charge in [0.2, 0.25) is 0 Å². The first kappa shape index (κ1) is 40.6. The van der Waals surface area contributed by atoms with Crippen molar-refractivity contribution >= 4 is 29.6 Å². The van der Waals surface area contributed by atoms with Crippen molar-refractivity contribution in [3.63, 3.8) is 0 Å². The molecule has 5 aliphatic rings. The van der Waals surface area contributed by atoms with Crippen molar-refractivity contribution < 1.29 is 19.1 Å². The predicted molar refractivity (Wildman–Crippen MR) is 214 cm³/mol. The summed E-state index contributed by atoms with van der Waals surface area (Å²) in [5.41, 5.74) is 3.75. The highest BCUT2D eigenvalue weighted by molar-refractivity contribution is 6.30. The number of carbonyl (C=O) groups is 3. The summed E-state index contributed by atoms with van der Waals surface area (Å²) < 4.78 is 6.14. The van der Waals surface area contributed by atoms with E-state index in [1.165, 1.54) is 43.2 Å². The number of Topliss-reactive ketones (excluding diaryl/α,β-unsaturated/α-hetero) is 1. The molecule has 4 fully saturated rings. The predicted octanol–water partition coefficient (Wildman–Crippen LogP) is 9.82. The van der Waals surface area contributed by atoms with Crippen LogP contribution < -0.4 is 0 Å². The van der Waals surface area contributed by atoms with Gasteiger partial charge in [-0.15, -0.1) is 0 Å². The Labute approximate surface area is 326 Å². The van der Waals surface area contributed by atoms with Crippen molar-refractivity contribution in [3.05, 3.63) is 46.0 Å². The Morgan fingerprint density at radius 1 is 1.00 bits per heavy atom. The van der Waals surface area contributed by atoms with Gasteiger partial charge in [-0.2, -0.15) is 0 Å². The minimum absolute atomic E-state index is 0.0261. The molecule has 0 spiro atoms. The van der Waals surface area contributed by atoms with Crippen LogP contribution in [0, 0.1) is 57.2 Å². The fourth-order valence-corrected chi connectivity index (χ4v) is 13.2. The SMILES string of the molecule is CC(C)C1=C2C3CCC4C(C)(CCC5C(C)C(OC(=O)CC(C)(C)C=O)CCC54C)C3CCC2(CCN(CCN(C)C)Cc2cccc(Cl)c2)CC1=O. The number of ketones is 1. The largest absolute Gasteiger partial charge is 0.462 e. The molecule has 6 rings (SSSR count). The zero-order valence-electron chi connectivity index (χ0n) is 34.4. The molecule has 9 unspecified atom stereocenters. The zero-order valence-corrected chi connectivity index (χ0v) is 35.2. The molecule has 9 atom stereocenters. The van der Waals surface area contributed by atoms with Gasteiger partial charge in [0.1, 0.15) is 12.4 Å². The van der Waals surface area contributed by atoms with E-state index in [1.807, 2.05) is 19.9 Å². The number of esters is 1. The summed E-state index contributed by atoms with van der Waals surface area (Å²) in [6.07, 6.45) is 11.8. The monoisotopic (exact) mass is 748 g/mol. The van der Waals surface area contributed by atoms with E-state index in [1.54, 1.807) is 5.57 Å². The Kier molecular flexibility index (Phi) is 11.9. The first-order valence-corrected chi connectivity index (χ1v) is 21.4. The molecule has 7 heteroatoms. The number of nitrogens with zero attached hydrogens (tertiary/aromatic N) is 2. The van der Waals surface area contributed by atoms with E-state index in [0.717, 1.165) is 63.2 Å². The Morgan fingerprint density at radius 2 is 1.70 bits per heavy atom. The zero-order chi connectivity index (χ0) is 38.5. The third kappa shape index (κ3) is 7.86. The van der Waals surface area contributed by atoms with Crippen LogP contribution in [0.25, 0.3) is 0 Å². The van der Waals surface area contributed by atoms with E-state index in [-0.39, 0.29) is 40.7 Å². The van der Waals surface area contributed by atoms with Crippen LogP contribution in [-0.4, -0.2) is 67.7 Å². The van der Waals surface area contributed by atoms with Gasteiger partial charge in [0.15, 0.2) is 5.78 Å². The standard InChI is InChI=1S/C46H69ClN2O4/c1-30(2)41-37(51)26-46(21-22-49(24-23-48(8)9)28-32-11-10-12-33(47)25-32)20-16-36-34(42(41)46)13-14-39-44(6)19-17-38(53-40(52)27-43(4,5)29-50)31(3)35(44)15-18-45(36,39)7/h10-12,25,29-31,34-36,38-39H,13-24,26-28H2,1-9H3. The van der Waals surface area contributed by atoms with Crippen molar-refractivity contribution in [2.75, 3.05) is 33.7 Å². The molecular weight excluding hydrogens is 680 g/mol. The van der Waals surface area contributed by atoms with Gasteiger partial charge in [-0.25, -0.2) is 0 Å². The number of aldehydes is 1. The van der Waals surface area contributed by atoms with Crippen LogP contribution in [0.2, 0.25) is 5.02 Å². The highest BCUT2D eigenvalue weighted by Crippen LogP contribution is 2.72. The van der Waals surface area contributed by atoms with Gasteiger partial charge < -0.3 is 14.4 Å². The number of hydrogen-bond donors (Lipinski definition) is 0. The smallest absolute Gasteiger partial charge is 0.307 e. The van der Waals surface area contributed by atoms with Gasteiger partial charge >= 0.3 is 5.97 Å². The van der Waals surface area contributed by atoms with E-state index in [2.05, 4.69) is 76.7 Å². The number of fused-ring (bicyclic) bond motifs is 7. The van der Waals surface area contributed by atoms with Gasteiger partial charge in [-0.1, -0.05) is 77.8 Å². The lowest BCUT2D eigenvalue weighted by Crippen LogP contribution is -2.60. The molecular formula is C46H69ClN2O4. The van der Waals surface area contributed by atoms with Crippen LogP contribution in [0.5, 0.6) is 0 Å². The summed E-state index contributed by atoms with van der Waals surface area (Å²) in [5, 5.41) is 0.785. The lowest BCUT2D eigenvalue weighted by Gasteiger charge is -2.67. The van der Waals surface area contributed by atoms with E-state index >= 15 is 0 Å². The Hall–Kier alpha value is -2.02. The quantitative estimate of drug-likeness (QED) is 0.148. The van der Waals surface area contributed by atoms with Gasteiger partial charge in [0.05, 0.1) is 6.42 Å². The molecule has 294 valence electrons. The second-order valence-electron chi connectivity index (χ2n) is 20.1. The third-order valence-corrected chi connectivity index (χ3v) is 15.8. The molecule has 1 aromatic rings. The number of hydrogen-bond acceptors (Lipinski definition) is 6. The third-order valence-electron chi connectivity index (χ3n) is 15.5. The van der Waals surface area contributed by atoms with Crippen molar-refractivity contribution in [1.29, 1.82) is 0 Å². The first-order chi connectivity index (χ1) is 24.9. The molecule has 1 aromatic carbocycles. The summed E-state index contributed by atoms with van der Waals surface area (Å²) in [7, 11) is 4.29. The molecule has 0 N–H and O–H groups in total. The number of carbonyl (C=O) groups excluding carboxylic acids is 3. The summed E-state index contributed by atoms with van der Waals surface area (Å²) in [4.78, 5) is 43.4. The number of ether oxygens (including phenoxy) is 1. The van der Waals surface area contributed by atoms with Crippen molar-refractivity contribution in [2.45, 2.75) is 132 Å². The normalized spacial score (nSPS) is 35.6. The molecule has 4 saturated carbocycles. The highest BCUT2D eigenvalue weighted by Gasteiger charge is 2.65. The van der Waals surface area contributed by atoms with Crippen LogP contribution in [-0.2, 0) is 25.7 Å². The second-order valence-corrected chi connectivity index (χ2v) is 20.5. The average Bonchev–Trinajstić information content (AvgIpc) is 3.39. The Bertz CT molecular complexity index is 1570. The number of halogens is 1. The molecule has 5 aliphatic carbocycles. The van der Waals surface area contributed by atoms with Crippen molar-refractivity contribution in [3.8, 4) is 0 Å². The fraction of sp³-hybridized carbons (Fsp3) is 0.761. The van der Waals surface area contributed by atoms with Crippen molar-refractivity contribution in [2.24, 2.45) is 57.2 Å². The molecule has 6 nitrogen and oxygen atoms in total. The van der Waals surface area contributed by atoms with Crippen LogP contribution in [0.1, 0.15) is 125 Å². The fourth-order valence-electron chi connectivity index (χ4n) is 13.0. The maximum atomic E-state index is 14.1. The molecule has 0 saturated heterocycles. The van der Waals surface area contributed by atoms with E-state index < -0.39 is 5.41 Å². The Balaban J connectivity index is 1.22. The van der Waals surface area contributed by atoms with Crippen molar-refractivity contribution in [1.82, 2.24) is 9.80 Å². The van der Waals surface area contributed by atoms with Gasteiger partial charge in [-0.3, -0.25) is 14.5 Å². The van der Waals surface area contributed by atoms with Gasteiger partial charge in [0.25, 0.3) is 0 Å². The molecule has 0 bridgehead atoms. The minimum atomic E-state index is -0.691. The average molecular weight is 750 g/mol. The maximum absolute atomic E-state index is 14.1. The van der Waals surface area contributed by atoms with E-state index in [4.69, 9.17) is 16.3 Å². The number of likely N-dealkylation sites (N-methyl/N-ethyl adjacent to an activating group) is 1. The first-order valence-electron chi connectivity index (χ1n) is 21.0. The summed E-state index contributed by atoms with van der Waals surface area (Å²) in [5.74, 6) is 3.01. The molecule has 0 aliphatic heterocycles. The number of rotatable bonds is 13. The summed E-state index contributed by atoms with van der Waals surface area (Å²) in [6, 6.07) is 8.29. The van der Waals surface area contributed by atoms with Gasteiger partial charge in [0, 0.05) is 41.9 Å². The lowest BCUT2D eigenvalue weighted by atomic mass is 9.38. The number of benzene rings is 1. The Morgan fingerprint density at radius 3 is 2.38 bits per heavy atom. The van der Waals surface area contributed by atoms with Crippen LogP contribution in [0.15, 0.2) is 35.4 Å². The highest BCUT2D eigenvalue weighted by atomic mass is 35.5. The molecule has 0 amide bonds. The van der Waals surface area contributed by atoms with E-state index in [9.17, 15) is 14.4 Å². The lowest BCUT2D eigenvalue weighted by molar-refractivity contribution is -0.191. The van der Waals surface area contributed by atoms with Crippen LogP contribution in [0.3, 0.4) is 0 Å². The van der Waals surface area contributed by atoms with Crippen LogP contribution >= 0.6 is 11.6 Å². The van der Waals surface area contributed by atoms with Gasteiger partial charge in [-0.05, 0) is 148 Å². The molecule has 0 heterocycles. The second kappa shape index (κ2) is 15.5. The topological polar surface area (TPSA) is 66.9 Å². The summed E-state index contributed by atoms with van der Waals surface area (Å²) in [6.45, 7) is 19.5. The van der Waals surface area contributed by atoms with Crippen LogP contribution in [0.4, 0.5) is 0 Å². The molecule has 0 aromatic heterocycles.